The molecule has 0 amide bonds. The van der Waals surface area contributed by atoms with Gasteiger partial charge in [0.05, 0.1) is 18.8 Å². The van der Waals surface area contributed by atoms with Crippen molar-refractivity contribution in [3.63, 3.8) is 0 Å². The molecule has 45 heavy (non-hydrogen) atoms. The van der Waals surface area contributed by atoms with Crippen molar-refractivity contribution in [2.75, 3.05) is 13.2 Å². The quantitative estimate of drug-likeness (QED) is 0.0629. The zero-order chi connectivity index (χ0) is 31.8. The number of carbonyl (C=O) groups excluding carboxylic acids is 1. The molecule has 2 atom stereocenters. The van der Waals surface area contributed by atoms with Crippen LogP contribution in [0.3, 0.4) is 0 Å². The van der Waals surface area contributed by atoms with Gasteiger partial charge in [-0.2, -0.15) is 0 Å². The summed E-state index contributed by atoms with van der Waals surface area (Å²) in [6, 6.07) is 14.7. The molecule has 1 aliphatic rings. The van der Waals surface area contributed by atoms with Crippen LogP contribution in [0.5, 0.6) is 17.2 Å². The maximum Gasteiger partial charge on any atom is 0.343 e. The number of hydrogen-bond acceptors (Lipinski definition) is 4. The van der Waals surface area contributed by atoms with Crippen molar-refractivity contribution in [3.8, 4) is 17.2 Å². The van der Waals surface area contributed by atoms with Crippen LogP contribution >= 0.6 is 0 Å². The second-order valence-corrected chi connectivity index (χ2v) is 13.4. The zero-order valence-electron chi connectivity index (χ0n) is 28.9. The van der Waals surface area contributed by atoms with Crippen molar-refractivity contribution < 1.29 is 19.0 Å². The lowest BCUT2D eigenvalue weighted by Gasteiger charge is -2.31. The second-order valence-electron chi connectivity index (χ2n) is 13.4. The third-order valence-corrected chi connectivity index (χ3v) is 9.62. The van der Waals surface area contributed by atoms with Crippen LogP contribution in [0.15, 0.2) is 48.5 Å². The summed E-state index contributed by atoms with van der Waals surface area (Å²) in [7, 11) is 0. The summed E-state index contributed by atoms with van der Waals surface area (Å²) < 4.78 is 17.5. The first kappa shape index (κ1) is 37.0. The Kier molecular flexibility index (Phi) is 19.5. The lowest BCUT2D eigenvalue weighted by atomic mass is 9.74. The molecule has 1 fully saturated rings. The molecular formula is C41H64O4. The molecule has 0 heterocycles. The van der Waals surface area contributed by atoms with Gasteiger partial charge in [0.2, 0.25) is 0 Å². The van der Waals surface area contributed by atoms with Crippen molar-refractivity contribution >= 4 is 5.97 Å². The van der Waals surface area contributed by atoms with Crippen LogP contribution in [0.2, 0.25) is 0 Å². The Morgan fingerprint density at radius 2 is 0.956 bits per heavy atom. The first-order valence-corrected chi connectivity index (χ1v) is 18.9. The fraction of sp³-hybridized carbons (Fsp3) is 0.683. The Morgan fingerprint density at radius 3 is 1.51 bits per heavy atom. The van der Waals surface area contributed by atoms with E-state index in [0.29, 0.717) is 11.3 Å². The average molecular weight is 621 g/mol. The Morgan fingerprint density at radius 1 is 0.533 bits per heavy atom. The van der Waals surface area contributed by atoms with Crippen molar-refractivity contribution in [3.05, 3.63) is 54.1 Å². The number of unbranched alkanes of at least 4 members (excludes halogenated alkanes) is 13. The normalized spacial score (nSPS) is 16.4. The SMILES string of the molecule is CCCCCCCCCCCCOc1ccc(C(=O)Oc2ccc(OCCCC3CCCCC3CCCCCCC)cc2)cc1. The maximum atomic E-state index is 12.7. The summed E-state index contributed by atoms with van der Waals surface area (Å²) in [4.78, 5) is 12.7. The standard InChI is InChI=1S/C41H64O4/c1-3-5-7-9-10-11-12-13-15-19-33-43-38-27-25-37(26-28-38)41(42)45-40-31-29-39(30-32-40)44-34-20-24-36-23-18-17-22-35(36)21-16-14-8-6-4-2/h25-32,35-36H,3-24,33-34H2,1-2H3. The van der Waals surface area contributed by atoms with Gasteiger partial charge in [0.15, 0.2) is 0 Å². The van der Waals surface area contributed by atoms with E-state index in [0.717, 1.165) is 49.4 Å². The minimum absolute atomic E-state index is 0.364. The molecule has 2 unspecified atom stereocenters. The highest BCUT2D eigenvalue weighted by Gasteiger charge is 2.24. The largest absolute Gasteiger partial charge is 0.494 e. The summed E-state index contributed by atoms with van der Waals surface area (Å²) in [5.41, 5.74) is 0.517. The molecule has 0 N–H and O–H groups in total. The molecule has 1 aliphatic carbocycles. The number of ether oxygens (including phenoxy) is 3. The van der Waals surface area contributed by atoms with Crippen LogP contribution in [0, 0.1) is 11.8 Å². The van der Waals surface area contributed by atoms with Crippen LogP contribution in [-0.2, 0) is 0 Å². The van der Waals surface area contributed by atoms with Crippen LogP contribution in [-0.4, -0.2) is 19.2 Å². The number of rotatable bonds is 25. The van der Waals surface area contributed by atoms with Crippen molar-refractivity contribution in [2.45, 2.75) is 155 Å². The van der Waals surface area contributed by atoms with Crippen LogP contribution in [0.1, 0.15) is 165 Å². The summed E-state index contributed by atoms with van der Waals surface area (Å²) in [5.74, 6) is 3.59. The molecule has 252 valence electrons. The molecule has 2 aromatic rings. The zero-order valence-corrected chi connectivity index (χ0v) is 28.9. The van der Waals surface area contributed by atoms with Crippen LogP contribution < -0.4 is 14.2 Å². The van der Waals surface area contributed by atoms with Gasteiger partial charge >= 0.3 is 5.97 Å². The molecule has 0 saturated heterocycles. The van der Waals surface area contributed by atoms with E-state index in [1.165, 1.54) is 128 Å². The van der Waals surface area contributed by atoms with Crippen molar-refractivity contribution in [1.29, 1.82) is 0 Å². The lowest BCUT2D eigenvalue weighted by molar-refractivity contribution is 0.0734. The number of benzene rings is 2. The van der Waals surface area contributed by atoms with E-state index in [2.05, 4.69) is 13.8 Å². The van der Waals surface area contributed by atoms with Gasteiger partial charge in [-0.3, -0.25) is 0 Å². The van der Waals surface area contributed by atoms with Crippen LogP contribution in [0.25, 0.3) is 0 Å². The van der Waals surface area contributed by atoms with Crippen molar-refractivity contribution in [1.82, 2.24) is 0 Å². The predicted octanol–water partition coefficient (Wildman–Crippen LogP) is 12.5. The lowest BCUT2D eigenvalue weighted by Crippen LogP contribution is -2.20. The van der Waals surface area contributed by atoms with Gasteiger partial charge in [0.1, 0.15) is 17.2 Å². The highest BCUT2D eigenvalue weighted by Crippen LogP contribution is 2.36. The van der Waals surface area contributed by atoms with E-state index >= 15 is 0 Å². The summed E-state index contributed by atoms with van der Waals surface area (Å²) >= 11 is 0. The maximum absolute atomic E-state index is 12.7. The van der Waals surface area contributed by atoms with E-state index in [4.69, 9.17) is 14.2 Å². The molecule has 0 aromatic heterocycles. The van der Waals surface area contributed by atoms with Gasteiger partial charge in [-0.1, -0.05) is 136 Å². The summed E-state index contributed by atoms with van der Waals surface area (Å²) in [6.07, 6.45) is 29.5. The Hall–Kier alpha value is -2.49. The molecule has 0 aliphatic heterocycles. The first-order chi connectivity index (χ1) is 22.2. The van der Waals surface area contributed by atoms with E-state index in [-0.39, 0.29) is 5.97 Å². The molecule has 0 spiro atoms. The van der Waals surface area contributed by atoms with Gasteiger partial charge in [-0.15, -0.1) is 0 Å². The number of carbonyl (C=O) groups is 1. The van der Waals surface area contributed by atoms with Gasteiger partial charge in [0, 0.05) is 0 Å². The van der Waals surface area contributed by atoms with Gasteiger partial charge in [-0.05, 0) is 79.6 Å². The molecule has 4 heteroatoms. The monoisotopic (exact) mass is 620 g/mol. The minimum Gasteiger partial charge on any atom is -0.494 e. The third kappa shape index (κ3) is 16.1. The summed E-state index contributed by atoms with van der Waals surface area (Å²) in [5, 5.41) is 0. The number of esters is 1. The number of hydrogen-bond donors (Lipinski definition) is 0. The van der Waals surface area contributed by atoms with Gasteiger partial charge in [0.25, 0.3) is 0 Å². The van der Waals surface area contributed by atoms with E-state index in [1.807, 2.05) is 36.4 Å². The van der Waals surface area contributed by atoms with Crippen molar-refractivity contribution in [2.24, 2.45) is 11.8 Å². The molecule has 0 bridgehead atoms. The highest BCUT2D eigenvalue weighted by molar-refractivity contribution is 5.91. The average Bonchev–Trinajstić information content (AvgIpc) is 3.07. The molecular weight excluding hydrogens is 556 g/mol. The van der Waals surface area contributed by atoms with Crippen LogP contribution in [0.4, 0.5) is 0 Å². The molecule has 4 nitrogen and oxygen atoms in total. The van der Waals surface area contributed by atoms with E-state index in [9.17, 15) is 4.79 Å². The molecule has 2 aromatic carbocycles. The molecule has 0 radical (unpaired) electrons. The summed E-state index contributed by atoms with van der Waals surface area (Å²) in [6.45, 7) is 6.02. The third-order valence-electron chi connectivity index (χ3n) is 9.62. The first-order valence-electron chi connectivity index (χ1n) is 18.9. The fourth-order valence-electron chi connectivity index (χ4n) is 6.83. The van der Waals surface area contributed by atoms with E-state index in [1.54, 1.807) is 12.1 Å². The topological polar surface area (TPSA) is 44.8 Å². The van der Waals surface area contributed by atoms with Gasteiger partial charge < -0.3 is 14.2 Å². The molecule has 1 saturated carbocycles. The Bertz CT molecular complexity index is 999. The Labute approximate surface area is 276 Å². The van der Waals surface area contributed by atoms with E-state index < -0.39 is 0 Å². The molecule has 3 rings (SSSR count). The smallest absolute Gasteiger partial charge is 0.343 e. The van der Waals surface area contributed by atoms with Gasteiger partial charge in [-0.25, -0.2) is 4.79 Å². The fourth-order valence-corrected chi connectivity index (χ4v) is 6.83. The minimum atomic E-state index is -0.364. The second kappa shape index (κ2) is 23.8. The Balaban J connectivity index is 1.26. The highest BCUT2D eigenvalue weighted by atomic mass is 16.5. The predicted molar refractivity (Wildman–Crippen MR) is 189 cm³/mol.